The summed E-state index contributed by atoms with van der Waals surface area (Å²) in [7, 11) is 0. The molecule has 5 atom stereocenters. The number of carbonyl (C=O) groups is 2. The molecule has 0 radical (unpaired) electrons. The van der Waals surface area contributed by atoms with Crippen LogP contribution in [0.25, 0.3) is 0 Å². The highest BCUT2D eigenvalue weighted by molar-refractivity contribution is 5.84. The molecule has 7 heteroatoms. The van der Waals surface area contributed by atoms with E-state index in [1.807, 2.05) is 0 Å². The van der Waals surface area contributed by atoms with Crippen LogP contribution in [0, 0.1) is 41.4 Å². The highest BCUT2D eigenvalue weighted by atomic mass is 19.3. The summed E-state index contributed by atoms with van der Waals surface area (Å²) in [6, 6.07) is 0. The van der Waals surface area contributed by atoms with E-state index in [9.17, 15) is 22.8 Å². The third kappa shape index (κ3) is 3.36. The fraction of sp³-hybridized carbons (Fsp3) is 0.909. The van der Waals surface area contributed by atoms with Gasteiger partial charge in [0.2, 0.25) is 0 Å². The first-order valence-corrected chi connectivity index (χ1v) is 11.1. The van der Waals surface area contributed by atoms with E-state index in [1.165, 1.54) is 19.3 Å². The normalized spacial score (nSPS) is 45.6. The number of halogens is 3. The van der Waals surface area contributed by atoms with Gasteiger partial charge in [0.05, 0.1) is 11.8 Å². The summed E-state index contributed by atoms with van der Waals surface area (Å²) in [6.07, 6.45) is 3.66. The summed E-state index contributed by atoms with van der Waals surface area (Å²) in [5.74, 6) is -0.741. The predicted octanol–water partition coefficient (Wildman–Crippen LogP) is 4.31. The van der Waals surface area contributed by atoms with Gasteiger partial charge in [0.15, 0.2) is 6.10 Å². The van der Waals surface area contributed by atoms with Crippen molar-refractivity contribution in [3.63, 3.8) is 0 Å². The minimum atomic E-state index is -3.07. The zero-order valence-corrected chi connectivity index (χ0v) is 16.5. The average Bonchev–Trinajstić information content (AvgIpc) is 3.25. The van der Waals surface area contributed by atoms with E-state index in [2.05, 4.69) is 0 Å². The zero-order chi connectivity index (χ0) is 20.3. The van der Waals surface area contributed by atoms with Crippen LogP contribution < -0.4 is 0 Å². The van der Waals surface area contributed by atoms with Crippen LogP contribution in [0.3, 0.4) is 0 Å². The van der Waals surface area contributed by atoms with Crippen molar-refractivity contribution in [1.29, 1.82) is 0 Å². The Bertz CT molecular complexity index is 646. The molecule has 162 valence electrons. The smallest absolute Gasteiger partial charge is 0.310 e. The van der Waals surface area contributed by atoms with Crippen molar-refractivity contribution in [3.8, 4) is 0 Å². The van der Waals surface area contributed by atoms with Gasteiger partial charge in [-0.25, -0.2) is 13.2 Å². The Morgan fingerprint density at radius 1 is 0.862 bits per heavy atom. The van der Waals surface area contributed by atoms with Gasteiger partial charge in [-0.2, -0.15) is 0 Å². The topological polar surface area (TPSA) is 52.6 Å². The van der Waals surface area contributed by atoms with Crippen LogP contribution in [-0.4, -0.2) is 36.7 Å². The Hall–Kier alpha value is -1.27. The van der Waals surface area contributed by atoms with Crippen molar-refractivity contribution in [3.05, 3.63) is 0 Å². The lowest BCUT2D eigenvalue weighted by Gasteiger charge is -2.56. The molecule has 29 heavy (non-hydrogen) atoms. The lowest BCUT2D eigenvalue weighted by Crippen LogP contribution is -2.54. The van der Waals surface area contributed by atoms with Crippen molar-refractivity contribution < 1.29 is 32.2 Å². The number of carbonyl (C=O) groups excluding carboxylic acids is 2. The number of alkyl halides is 3. The second-order valence-electron chi connectivity index (χ2n) is 10.4. The standard InChI is InChI=1S/C22H29F3O4/c23-10-16(19(24)25)28-20(26)17-14-1-2-15(6-14)18(17)21(27)29-22-7-11-3-12(8-22)5-13(4-11)9-22/h11-19H,1-10H2. The van der Waals surface area contributed by atoms with Crippen molar-refractivity contribution in [2.24, 2.45) is 41.4 Å². The van der Waals surface area contributed by atoms with Gasteiger partial charge in [0, 0.05) is 0 Å². The molecule has 0 amide bonds. The molecule has 6 aliphatic rings. The van der Waals surface area contributed by atoms with E-state index in [0.29, 0.717) is 17.8 Å². The molecular weight excluding hydrogens is 385 g/mol. The van der Waals surface area contributed by atoms with Crippen LogP contribution in [0.4, 0.5) is 13.2 Å². The van der Waals surface area contributed by atoms with E-state index < -0.39 is 42.6 Å². The van der Waals surface area contributed by atoms with Crippen LogP contribution in [-0.2, 0) is 19.1 Å². The third-order valence-electron chi connectivity index (χ3n) is 8.46. The first-order valence-electron chi connectivity index (χ1n) is 11.1. The second kappa shape index (κ2) is 7.16. The molecule has 0 spiro atoms. The van der Waals surface area contributed by atoms with Gasteiger partial charge < -0.3 is 9.47 Å². The van der Waals surface area contributed by atoms with Crippen molar-refractivity contribution in [2.75, 3.05) is 6.67 Å². The minimum Gasteiger partial charge on any atom is -0.459 e. The quantitative estimate of drug-likeness (QED) is 0.608. The largest absolute Gasteiger partial charge is 0.459 e. The summed E-state index contributed by atoms with van der Waals surface area (Å²) >= 11 is 0. The van der Waals surface area contributed by atoms with Gasteiger partial charge in [0.25, 0.3) is 6.43 Å². The zero-order valence-electron chi connectivity index (χ0n) is 16.5. The second-order valence-corrected chi connectivity index (χ2v) is 10.4. The maximum Gasteiger partial charge on any atom is 0.310 e. The highest BCUT2D eigenvalue weighted by Gasteiger charge is 2.59. The SMILES string of the molecule is O=C(OC(CF)C(F)F)C1C2CCC(C2)C1C(=O)OC12CC3CC(CC(C3)C1)C2. The molecule has 0 saturated heterocycles. The third-order valence-corrected chi connectivity index (χ3v) is 8.46. The van der Waals surface area contributed by atoms with E-state index in [1.54, 1.807) is 0 Å². The number of fused-ring (bicyclic) bond motifs is 2. The van der Waals surface area contributed by atoms with Crippen LogP contribution in [0.15, 0.2) is 0 Å². The number of rotatable bonds is 6. The van der Waals surface area contributed by atoms with E-state index in [4.69, 9.17) is 9.47 Å². The molecule has 4 nitrogen and oxygen atoms in total. The maximum absolute atomic E-state index is 13.3. The van der Waals surface area contributed by atoms with Crippen LogP contribution >= 0.6 is 0 Å². The first kappa shape index (κ1) is 19.7. The molecule has 0 aromatic carbocycles. The van der Waals surface area contributed by atoms with Gasteiger partial charge in [-0.15, -0.1) is 0 Å². The summed E-state index contributed by atoms with van der Waals surface area (Å²) in [5, 5.41) is 0. The Kier molecular flexibility index (Phi) is 4.86. The summed E-state index contributed by atoms with van der Waals surface area (Å²) < 4.78 is 49.6. The molecule has 0 N–H and O–H groups in total. The molecule has 6 aliphatic carbocycles. The first-order chi connectivity index (χ1) is 13.9. The molecule has 6 fully saturated rings. The van der Waals surface area contributed by atoms with Crippen molar-refractivity contribution >= 4 is 11.9 Å². The molecule has 6 bridgehead atoms. The van der Waals surface area contributed by atoms with Gasteiger partial charge in [-0.1, -0.05) is 0 Å². The molecule has 0 heterocycles. The average molecular weight is 414 g/mol. The van der Waals surface area contributed by atoms with Crippen molar-refractivity contribution in [2.45, 2.75) is 75.9 Å². The molecule has 0 aromatic heterocycles. The fourth-order valence-electron chi connectivity index (χ4n) is 7.79. The van der Waals surface area contributed by atoms with E-state index in [-0.39, 0.29) is 17.8 Å². The Morgan fingerprint density at radius 3 is 1.86 bits per heavy atom. The minimum absolute atomic E-state index is 0.0364. The molecule has 5 unspecified atom stereocenters. The number of ether oxygens (including phenoxy) is 2. The fourth-order valence-corrected chi connectivity index (χ4v) is 7.79. The van der Waals surface area contributed by atoms with Crippen molar-refractivity contribution in [1.82, 2.24) is 0 Å². The van der Waals surface area contributed by atoms with Crippen LogP contribution in [0.2, 0.25) is 0 Å². The molecule has 0 aromatic rings. The van der Waals surface area contributed by atoms with Crippen LogP contribution in [0.1, 0.15) is 57.8 Å². The van der Waals surface area contributed by atoms with Crippen LogP contribution in [0.5, 0.6) is 0 Å². The van der Waals surface area contributed by atoms with Gasteiger partial charge in [-0.3, -0.25) is 9.59 Å². The number of esters is 2. The van der Waals surface area contributed by atoms with E-state index >= 15 is 0 Å². The monoisotopic (exact) mass is 414 g/mol. The van der Waals surface area contributed by atoms with E-state index in [0.717, 1.165) is 38.5 Å². The van der Waals surface area contributed by atoms with Gasteiger partial charge in [-0.05, 0) is 87.4 Å². The number of hydrogen-bond acceptors (Lipinski definition) is 4. The molecular formula is C22H29F3O4. The molecule has 6 saturated carbocycles. The van der Waals surface area contributed by atoms with Gasteiger partial charge >= 0.3 is 11.9 Å². The highest BCUT2D eigenvalue weighted by Crippen LogP contribution is 2.59. The molecule has 6 rings (SSSR count). The Labute approximate surface area is 168 Å². The molecule has 0 aliphatic heterocycles. The predicted molar refractivity (Wildman–Crippen MR) is 96.7 cm³/mol. The summed E-state index contributed by atoms with van der Waals surface area (Å²) in [5.41, 5.74) is -0.396. The Morgan fingerprint density at radius 2 is 1.38 bits per heavy atom. The summed E-state index contributed by atoms with van der Waals surface area (Å²) in [6.45, 7) is -1.42. The summed E-state index contributed by atoms with van der Waals surface area (Å²) in [4.78, 5) is 25.9. The lowest BCUT2D eigenvalue weighted by molar-refractivity contribution is -0.197. The lowest BCUT2D eigenvalue weighted by atomic mass is 9.54. The Balaban J connectivity index is 1.31. The van der Waals surface area contributed by atoms with Gasteiger partial charge in [0.1, 0.15) is 12.3 Å². The maximum atomic E-state index is 13.3. The number of hydrogen-bond donors (Lipinski definition) is 0.